The predicted octanol–water partition coefficient (Wildman–Crippen LogP) is 5.05. The Bertz CT molecular complexity index is 1170. The van der Waals surface area contributed by atoms with Gasteiger partial charge in [0, 0.05) is 17.0 Å². The number of hydrogen-bond acceptors (Lipinski definition) is 6. The molecule has 33 heavy (non-hydrogen) atoms. The number of fused-ring (bicyclic) bond motifs is 1. The van der Waals surface area contributed by atoms with Crippen LogP contribution in [-0.2, 0) is 22.6 Å². The van der Waals surface area contributed by atoms with Gasteiger partial charge in [0.1, 0.15) is 24.0 Å². The fraction of sp³-hybridized carbons (Fsp3) is 0.346. The van der Waals surface area contributed by atoms with Gasteiger partial charge in [0.25, 0.3) is 0 Å². The monoisotopic (exact) mass is 451 g/mol. The lowest BCUT2D eigenvalue weighted by Crippen LogP contribution is -2.43. The summed E-state index contributed by atoms with van der Waals surface area (Å²) in [6.45, 7) is 5.79. The van der Waals surface area contributed by atoms with Gasteiger partial charge in [-0.15, -0.1) is 0 Å². The van der Waals surface area contributed by atoms with Crippen molar-refractivity contribution in [1.82, 2.24) is 5.32 Å². The number of amides is 1. The van der Waals surface area contributed by atoms with Gasteiger partial charge in [0.2, 0.25) is 0 Å². The van der Waals surface area contributed by atoms with Crippen LogP contribution in [0.25, 0.3) is 11.0 Å². The van der Waals surface area contributed by atoms with E-state index >= 15 is 0 Å². The quantitative estimate of drug-likeness (QED) is 0.278. The van der Waals surface area contributed by atoms with Crippen molar-refractivity contribution in [2.75, 3.05) is 0 Å². The highest BCUT2D eigenvalue weighted by Crippen LogP contribution is 2.29. The lowest BCUT2D eigenvalue weighted by atomic mass is 10.0. The molecule has 1 N–H and O–H groups in total. The van der Waals surface area contributed by atoms with E-state index in [2.05, 4.69) is 5.32 Å². The molecule has 1 atom stereocenters. The molecular formula is C26H29NO6. The Morgan fingerprint density at radius 2 is 1.85 bits per heavy atom. The van der Waals surface area contributed by atoms with Crippen molar-refractivity contribution < 1.29 is 23.5 Å². The molecule has 174 valence electrons. The summed E-state index contributed by atoms with van der Waals surface area (Å²) in [7, 11) is 0. The third-order valence-corrected chi connectivity index (χ3v) is 5.42. The minimum atomic E-state index is -0.864. The molecule has 3 rings (SSSR count). The Morgan fingerprint density at radius 3 is 2.55 bits per heavy atom. The van der Waals surface area contributed by atoms with Crippen molar-refractivity contribution in [3.8, 4) is 5.75 Å². The average molecular weight is 452 g/mol. The Morgan fingerprint density at radius 1 is 1.09 bits per heavy atom. The Kier molecular flexibility index (Phi) is 8.24. The van der Waals surface area contributed by atoms with Crippen molar-refractivity contribution in [2.24, 2.45) is 0 Å². The van der Waals surface area contributed by atoms with E-state index in [0.717, 1.165) is 29.4 Å². The first kappa shape index (κ1) is 24.0. The smallest absolute Gasteiger partial charge is 0.408 e. The maximum Gasteiger partial charge on any atom is 0.408 e. The van der Waals surface area contributed by atoms with Crippen LogP contribution in [0.15, 0.2) is 57.7 Å². The maximum absolute atomic E-state index is 12.9. The molecule has 0 saturated heterocycles. The molecule has 2 aromatic carbocycles. The summed E-state index contributed by atoms with van der Waals surface area (Å²) < 4.78 is 16.3. The second-order valence-electron chi connectivity index (χ2n) is 7.83. The molecule has 0 fully saturated rings. The topological polar surface area (TPSA) is 94.8 Å². The van der Waals surface area contributed by atoms with Gasteiger partial charge >= 0.3 is 17.7 Å². The van der Waals surface area contributed by atoms with Crippen molar-refractivity contribution in [1.29, 1.82) is 0 Å². The van der Waals surface area contributed by atoms with E-state index in [4.69, 9.17) is 13.9 Å². The lowest BCUT2D eigenvalue weighted by Gasteiger charge is -2.18. The van der Waals surface area contributed by atoms with E-state index in [1.54, 1.807) is 19.1 Å². The van der Waals surface area contributed by atoms with Gasteiger partial charge in [-0.25, -0.2) is 14.4 Å². The van der Waals surface area contributed by atoms with Crippen LogP contribution in [0.4, 0.5) is 4.79 Å². The average Bonchev–Trinajstić information content (AvgIpc) is 2.82. The van der Waals surface area contributed by atoms with Crippen LogP contribution in [0.1, 0.15) is 49.8 Å². The highest BCUT2D eigenvalue weighted by molar-refractivity contribution is 5.87. The van der Waals surface area contributed by atoms with Gasteiger partial charge in [-0.05, 0) is 43.0 Å². The highest BCUT2D eigenvalue weighted by atomic mass is 16.6. The molecule has 1 heterocycles. The molecule has 3 aromatic rings. The fourth-order valence-electron chi connectivity index (χ4n) is 3.55. The predicted molar refractivity (Wildman–Crippen MR) is 125 cm³/mol. The summed E-state index contributed by atoms with van der Waals surface area (Å²) in [4.78, 5) is 37.2. The van der Waals surface area contributed by atoms with E-state index in [9.17, 15) is 14.4 Å². The molecule has 0 spiro atoms. The second kappa shape index (κ2) is 11.3. The fourth-order valence-corrected chi connectivity index (χ4v) is 3.55. The Labute approximate surface area is 192 Å². The highest BCUT2D eigenvalue weighted by Gasteiger charge is 2.24. The first-order valence-corrected chi connectivity index (χ1v) is 11.2. The van der Waals surface area contributed by atoms with Crippen LogP contribution < -0.4 is 15.7 Å². The third kappa shape index (κ3) is 6.22. The van der Waals surface area contributed by atoms with Crippen LogP contribution in [0.5, 0.6) is 5.75 Å². The standard InChI is InChI=1S/C26H29NO6/c1-4-6-12-21(27-26(30)31-16-18-10-8-7-9-11-18)25(29)32-22-14-13-20-19(5-2)15-23(28)33-24(20)17(22)3/h7-11,13-15,21H,4-6,12,16H2,1-3H3,(H,27,30)/t21-/m0/s1. The minimum Gasteiger partial charge on any atom is -0.445 e. The number of rotatable bonds is 9. The second-order valence-corrected chi connectivity index (χ2v) is 7.83. The van der Waals surface area contributed by atoms with Crippen LogP contribution in [0, 0.1) is 6.92 Å². The normalized spacial score (nSPS) is 11.7. The van der Waals surface area contributed by atoms with Crippen LogP contribution in [0.2, 0.25) is 0 Å². The SMILES string of the molecule is CCCC[C@H](NC(=O)OCc1ccccc1)C(=O)Oc1ccc2c(CC)cc(=O)oc2c1C. The van der Waals surface area contributed by atoms with E-state index in [-0.39, 0.29) is 12.4 Å². The van der Waals surface area contributed by atoms with Crippen molar-refractivity contribution in [3.05, 3.63) is 75.6 Å². The van der Waals surface area contributed by atoms with Crippen LogP contribution in [-0.4, -0.2) is 18.1 Å². The summed E-state index contributed by atoms with van der Waals surface area (Å²) >= 11 is 0. The molecule has 0 aliphatic rings. The number of ether oxygens (including phenoxy) is 2. The first-order chi connectivity index (χ1) is 15.9. The van der Waals surface area contributed by atoms with Gasteiger partial charge in [-0.3, -0.25) is 0 Å². The van der Waals surface area contributed by atoms with Crippen LogP contribution in [0.3, 0.4) is 0 Å². The molecule has 0 unspecified atom stereocenters. The van der Waals surface area contributed by atoms with Crippen molar-refractivity contribution >= 4 is 23.0 Å². The molecule has 7 nitrogen and oxygen atoms in total. The van der Waals surface area contributed by atoms with Crippen molar-refractivity contribution in [2.45, 2.75) is 59.1 Å². The molecule has 1 aromatic heterocycles. The molecular weight excluding hydrogens is 422 g/mol. The first-order valence-electron chi connectivity index (χ1n) is 11.2. The zero-order valence-corrected chi connectivity index (χ0v) is 19.2. The third-order valence-electron chi connectivity index (χ3n) is 5.42. The van der Waals surface area contributed by atoms with E-state index in [0.29, 0.717) is 24.0 Å². The molecule has 0 aliphatic heterocycles. The number of hydrogen-bond donors (Lipinski definition) is 1. The molecule has 0 saturated carbocycles. The summed E-state index contributed by atoms with van der Waals surface area (Å²) in [5.74, 6) is -0.318. The van der Waals surface area contributed by atoms with E-state index < -0.39 is 23.7 Å². The molecule has 1 amide bonds. The van der Waals surface area contributed by atoms with Gasteiger partial charge in [0.05, 0.1) is 0 Å². The summed E-state index contributed by atoms with van der Waals surface area (Å²) in [6, 6.07) is 13.3. The Hall–Kier alpha value is -3.61. The Balaban J connectivity index is 1.74. The molecule has 0 radical (unpaired) electrons. The van der Waals surface area contributed by atoms with Gasteiger partial charge in [0.15, 0.2) is 0 Å². The zero-order chi connectivity index (χ0) is 23.8. The number of carbonyl (C=O) groups excluding carboxylic acids is 2. The largest absolute Gasteiger partial charge is 0.445 e. The van der Waals surface area contributed by atoms with Crippen LogP contribution >= 0.6 is 0 Å². The van der Waals surface area contributed by atoms with Gasteiger partial charge < -0.3 is 19.2 Å². The summed E-state index contributed by atoms with van der Waals surface area (Å²) in [5, 5.41) is 3.42. The lowest BCUT2D eigenvalue weighted by molar-refractivity contribution is -0.136. The van der Waals surface area contributed by atoms with Gasteiger partial charge in [-0.2, -0.15) is 0 Å². The zero-order valence-electron chi connectivity index (χ0n) is 19.2. The number of carbonyl (C=O) groups is 2. The minimum absolute atomic E-state index is 0.102. The van der Waals surface area contributed by atoms with E-state index in [1.807, 2.05) is 44.2 Å². The molecule has 0 bridgehead atoms. The number of unbranched alkanes of at least 4 members (excludes halogenated alkanes) is 1. The number of esters is 1. The number of aryl methyl sites for hydroxylation is 2. The van der Waals surface area contributed by atoms with Crippen molar-refractivity contribution in [3.63, 3.8) is 0 Å². The van der Waals surface area contributed by atoms with Gasteiger partial charge in [-0.1, -0.05) is 57.0 Å². The number of benzene rings is 2. The molecule has 0 aliphatic carbocycles. The number of nitrogens with one attached hydrogen (secondary N) is 1. The number of alkyl carbamates (subject to hydrolysis) is 1. The molecule has 7 heteroatoms. The maximum atomic E-state index is 12.9. The summed E-state index contributed by atoms with van der Waals surface area (Å²) in [6.07, 6.45) is 1.98. The van der Waals surface area contributed by atoms with E-state index in [1.165, 1.54) is 6.07 Å². The summed E-state index contributed by atoms with van der Waals surface area (Å²) in [5.41, 5.74) is 2.21.